The van der Waals surface area contributed by atoms with Crippen molar-refractivity contribution in [1.82, 2.24) is 25.7 Å². The van der Waals surface area contributed by atoms with Gasteiger partial charge in [-0.2, -0.15) is 5.10 Å². The number of nitrogens with zero attached hydrogens (tertiary/aromatic N) is 3. The number of hydrogen-bond acceptors (Lipinski definition) is 5. The summed E-state index contributed by atoms with van der Waals surface area (Å²) in [5.41, 5.74) is 0.463. The molecule has 0 saturated heterocycles. The molecule has 7 nitrogen and oxygen atoms in total. The molecule has 7 heteroatoms. The van der Waals surface area contributed by atoms with Gasteiger partial charge in [0.2, 0.25) is 11.8 Å². The molecule has 0 aromatic carbocycles. The van der Waals surface area contributed by atoms with E-state index in [1.807, 2.05) is 13.8 Å². The molecule has 1 unspecified atom stereocenters. The third-order valence-electron chi connectivity index (χ3n) is 2.43. The molecule has 0 aliphatic rings. The first-order chi connectivity index (χ1) is 8.58. The summed E-state index contributed by atoms with van der Waals surface area (Å²) in [7, 11) is 0. The van der Waals surface area contributed by atoms with Gasteiger partial charge in [-0.15, -0.1) is 10.2 Å². The largest absolute Gasteiger partial charge is 0.423 e. The molecule has 1 amide bonds. The zero-order valence-corrected chi connectivity index (χ0v) is 10.5. The Morgan fingerprint density at radius 2 is 2.06 bits per heavy atom. The number of H-pyrrole nitrogens is 1. The molecule has 0 spiro atoms. The Kier molecular flexibility index (Phi) is 3.40. The molecule has 2 heterocycles. The molecule has 2 rings (SSSR count). The lowest BCUT2D eigenvalue weighted by atomic mass is 10.2. The lowest BCUT2D eigenvalue weighted by Crippen LogP contribution is -2.26. The molecule has 2 N–H and O–H groups in total. The monoisotopic (exact) mass is 249 g/mol. The molecule has 96 valence electrons. The van der Waals surface area contributed by atoms with E-state index in [0.29, 0.717) is 17.3 Å². The first-order valence-corrected chi connectivity index (χ1v) is 5.71. The minimum Gasteiger partial charge on any atom is -0.423 e. The lowest BCUT2D eigenvalue weighted by molar-refractivity contribution is 0.0934. The third-order valence-corrected chi connectivity index (χ3v) is 2.43. The SMILES string of the molecule is CC(C)c1nnc(C(C)NC(=O)c2cn[nH]c2)o1. The maximum atomic E-state index is 11.8. The van der Waals surface area contributed by atoms with Gasteiger partial charge in [0, 0.05) is 12.1 Å². The first-order valence-electron chi connectivity index (χ1n) is 5.71. The van der Waals surface area contributed by atoms with Gasteiger partial charge in [0.05, 0.1) is 11.8 Å². The average Bonchev–Trinajstić information content (AvgIpc) is 3.00. The first kappa shape index (κ1) is 12.3. The Morgan fingerprint density at radius 3 is 2.61 bits per heavy atom. The number of hydrogen-bond donors (Lipinski definition) is 2. The summed E-state index contributed by atoms with van der Waals surface area (Å²) in [6, 6.07) is -0.340. The van der Waals surface area contributed by atoms with Crippen molar-refractivity contribution in [3.8, 4) is 0 Å². The fourth-order valence-corrected chi connectivity index (χ4v) is 1.37. The Bertz CT molecular complexity index is 517. The quantitative estimate of drug-likeness (QED) is 0.853. The van der Waals surface area contributed by atoms with E-state index in [4.69, 9.17) is 4.42 Å². The highest BCUT2D eigenvalue weighted by atomic mass is 16.4. The van der Waals surface area contributed by atoms with Gasteiger partial charge in [0.1, 0.15) is 6.04 Å². The Labute approximate surface area is 104 Å². The van der Waals surface area contributed by atoms with Gasteiger partial charge in [0.15, 0.2) is 0 Å². The summed E-state index contributed by atoms with van der Waals surface area (Å²) in [5.74, 6) is 0.897. The second-order valence-corrected chi connectivity index (χ2v) is 4.32. The molecule has 0 bridgehead atoms. The second-order valence-electron chi connectivity index (χ2n) is 4.32. The van der Waals surface area contributed by atoms with Crippen LogP contribution in [0, 0.1) is 0 Å². The normalized spacial score (nSPS) is 12.7. The van der Waals surface area contributed by atoms with E-state index in [2.05, 4.69) is 25.7 Å². The van der Waals surface area contributed by atoms with Crippen LogP contribution in [-0.4, -0.2) is 26.3 Å². The summed E-state index contributed by atoms with van der Waals surface area (Å²) < 4.78 is 5.46. The van der Waals surface area contributed by atoms with Gasteiger partial charge in [-0.3, -0.25) is 9.89 Å². The maximum absolute atomic E-state index is 11.8. The van der Waals surface area contributed by atoms with Gasteiger partial charge in [-0.05, 0) is 6.92 Å². The van der Waals surface area contributed by atoms with Gasteiger partial charge in [-0.25, -0.2) is 0 Å². The number of carbonyl (C=O) groups is 1. The van der Waals surface area contributed by atoms with Crippen LogP contribution >= 0.6 is 0 Å². The van der Waals surface area contributed by atoms with Crippen molar-refractivity contribution in [2.24, 2.45) is 0 Å². The van der Waals surface area contributed by atoms with Crippen molar-refractivity contribution < 1.29 is 9.21 Å². The second kappa shape index (κ2) is 4.99. The zero-order valence-electron chi connectivity index (χ0n) is 10.5. The fraction of sp³-hybridized carbons (Fsp3) is 0.455. The number of aromatic nitrogens is 4. The molecule has 1 atom stereocenters. The van der Waals surface area contributed by atoms with Crippen LogP contribution in [0.4, 0.5) is 0 Å². The number of rotatable bonds is 4. The van der Waals surface area contributed by atoms with E-state index >= 15 is 0 Å². The molecule has 0 fully saturated rings. The van der Waals surface area contributed by atoms with E-state index in [1.54, 1.807) is 6.92 Å². The topological polar surface area (TPSA) is 96.7 Å². The molecule has 0 saturated carbocycles. The average molecular weight is 249 g/mol. The molecule has 2 aromatic heterocycles. The smallest absolute Gasteiger partial charge is 0.255 e. The summed E-state index contributed by atoms with van der Waals surface area (Å²) in [6.45, 7) is 5.72. The Hall–Kier alpha value is -2.18. The number of carbonyl (C=O) groups excluding carboxylic acids is 1. The van der Waals surface area contributed by atoms with Gasteiger partial charge >= 0.3 is 0 Å². The molecular weight excluding hydrogens is 234 g/mol. The zero-order chi connectivity index (χ0) is 13.1. The summed E-state index contributed by atoms with van der Waals surface area (Å²) >= 11 is 0. The maximum Gasteiger partial charge on any atom is 0.255 e. The molecule has 0 aliphatic carbocycles. The van der Waals surface area contributed by atoms with Gasteiger partial charge in [-0.1, -0.05) is 13.8 Å². The van der Waals surface area contributed by atoms with E-state index in [1.165, 1.54) is 12.4 Å². The van der Waals surface area contributed by atoms with E-state index in [9.17, 15) is 4.79 Å². The highest BCUT2D eigenvalue weighted by Gasteiger charge is 2.18. The molecule has 18 heavy (non-hydrogen) atoms. The van der Waals surface area contributed by atoms with Crippen LogP contribution in [0.3, 0.4) is 0 Å². The summed E-state index contributed by atoms with van der Waals surface area (Å²) in [4.78, 5) is 11.8. The standard InChI is InChI=1S/C11H15N5O2/c1-6(2)10-15-16-11(18-10)7(3)14-9(17)8-4-12-13-5-8/h4-7H,1-3H3,(H,12,13)(H,14,17). The predicted molar refractivity (Wildman–Crippen MR) is 62.9 cm³/mol. The van der Waals surface area contributed by atoms with Crippen molar-refractivity contribution >= 4 is 5.91 Å². The Morgan fingerprint density at radius 1 is 1.33 bits per heavy atom. The number of nitrogens with one attached hydrogen (secondary N) is 2. The van der Waals surface area contributed by atoms with Crippen LogP contribution in [0.5, 0.6) is 0 Å². The molecule has 0 radical (unpaired) electrons. The van der Waals surface area contributed by atoms with Crippen molar-refractivity contribution in [1.29, 1.82) is 0 Å². The van der Waals surface area contributed by atoms with E-state index in [-0.39, 0.29) is 17.9 Å². The van der Waals surface area contributed by atoms with Crippen molar-refractivity contribution in [2.45, 2.75) is 32.7 Å². The summed E-state index contributed by atoms with van der Waals surface area (Å²) in [5, 5.41) is 16.9. The van der Waals surface area contributed by atoms with Crippen LogP contribution in [0.25, 0.3) is 0 Å². The fourth-order valence-electron chi connectivity index (χ4n) is 1.37. The Balaban J connectivity index is 2.03. The van der Waals surface area contributed by atoms with Crippen LogP contribution < -0.4 is 5.32 Å². The van der Waals surface area contributed by atoms with Crippen molar-refractivity contribution in [2.75, 3.05) is 0 Å². The van der Waals surface area contributed by atoms with E-state index < -0.39 is 0 Å². The van der Waals surface area contributed by atoms with Crippen molar-refractivity contribution in [3.63, 3.8) is 0 Å². The number of amides is 1. The summed E-state index contributed by atoms with van der Waals surface area (Å²) in [6.07, 6.45) is 2.98. The van der Waals surface area contributed by atoms with Crippen LogP contribution in [0.2, 0.25) is 0 Å². The highest BCUT2D eigenvalue weighted by Crippen LogP contribution is 2.16. The minimum absolute atomic E-state index is 0.169. The molecule has 2 aromatic rings. The van der Waals surface area contributed by atoms with Crippen molar-refractivity contribution in [3.05, 3.63) is 29.7 Å². The lowest BCUT2D eigenvalue weighted by Gasteiger charge is -2.08. The van der Waals surface area contributed by atoms with Crippen LogP contribution in [0.1, 0.15) is 54.9 Å². The van der Waals surface area contributed by atoms with E-state index in [0.717, 1.165) is 0 Å². The predicted octanol–water partition coefficient (Wildman–Crippen LogP) is 1.41. The minimum atomic E-state index is -0.340. The molecule has 0 aliphatic heterocycles. The van der Waals surface area contributed by atoms with Gasteiger partial charge < -0.3 is 9.73 Å². The highest BCUT2D eigenvalue weighted by molar-refractivity contribution is 5.93. The number of aromatic amines is 1. The van der Waals surface area contributed by atoms with Crippen LogP contribution in [0.15, 0.2) is 16.8 Å². The van der Waals surface area contributed by atoms with Gasteiger partial charge in [0.25, 0.3) is 5.91 Å². The van der Waals surface area contributed by atoms with Crippen LogP contribution in [-0.2, 0) is 0 Å². The third kappa shape index (κ3) is 2.55. The molecular formula is C11H15N5O2.